The van der Waals surface area contributed by atoms with Crippen LogP contribution in [0.5, 0.6) is 5.75 Å². The minimum Gasteiger partial charge on any atom is -0.491 e. The fraction of sp³-hybridized carbons (Fsp3) is 0.227. The lowest BCUT2D eigenvalue weighted by Gasteiger charge is -2.09. The van der Waals surface area contributed by atoms with Gasteiger partial charge in [0.25, 0.3) is 5.91 Å². The maximum Gasteiger partial charge on any atom is 0.263 e. The molecule has 0 fully saturated rings. The first-order chi connectivity index (χ1) is 14.1. The number of pyridine rings is 1. The van der Waals surface area contributed by atoms with Crippen molar-refractivity contribution < 1.29 is 13.9 Å². The molecule has 1 amide bonds. The second-order valence-electron chi connectivity index (χ2n) is 6.63. The van der Waals surface area contributed by atoms with E-state index < -0.39 is 0 Å². The van der Waals surface area contributed by atoms with Gasteiger partial charge in [-0.3, -0.25) is 9.78 Å². The molecule has 6 nitrogen and oxygen atoms in total. The highest BCUT2D eigenvalue weighted by molar-refractivity contribution is 7.17. The number of hydrogen-bond donors (Lipinski definition) is 1. The van der Waals surface area contributed by atoms with Gasteiger partial charge in [0.15, 0.2) is 10.8 Å². The topological polar surface area (TPSA) is 77.2 Å². The Hall–Kier alpha value is -3.19. The molecule has 0 radical (unpaired) electrons. The van der Waals surface area contributed by atoms with Crippen molar-refractivity contribution in [3.05, 3.63) is 65.0 Å². The lowest BCUT2D eigenvalue weighted by Crippen LogP contribution is -2.25. The van der Waals surface area contributed by atoms with Gasteiger partial charge < -0.3 is 14.5 Å². The van der Waals surface area contributed by atoms with E-state index in [4.69, 9.17) is 9.15 Å². The van der Waals surface area contributed by atoms with E-state index in [1.807, 2.05) is 56.3 Å². The Morgan fingerprint density at radius 3 is 2.86 bits per heavy atom. The maximum absolute atomic E-state index is 12.5. The fourth-order valence-electron chi connectivity index (χ4n) is 2.99. The van der Waals surface area contributed by atoms with Crippen LogP contribution in [0.2, 0.25) is 0 Å². The molecule has 7 heteroatoms. The van der Waals surface area contributed by atoms with Gasteiger partial charge in [-0.25, -0.2) is 4.98 Å². The van der Waals surface area contributed by atoms with Gasteiger partial charge in [-0.05, 0) is 44.5 Å². The normalized spacial score (nSPS) is 11.0. The SMILES string of the molecule is Cc1ccc(-c2nc(C)c(C(=O)NCCCOc3cccc4cccnc34)s2)o1. The number of carbonyl (C=O) groups is 1. The zero-order valence-corrected chi connectivity index (χ0v) is 17.1. The number of furan rings is 1. The first-order valence-electron chi connectivity index (χ1n) is 9.41. The lowest BCUT2D eigenvalue weighted by atomic mass is 10.2. The summed E-state index contributed by atoms with van der Waals surface area (Å²) in [4.78, 5) is 21.9. The van der Waals surface area contributed by atoms with E-state index in [0.29, 0.717) is 40.9 Å². The summed E-state index contributed by atoms with van der Waals surface area (Å²) in [5, 5.41) is 4.70. The predicted octanol–water partition coefficient (Wildman–Crippen LogP) is 4.77. The molecule has 0 aliphatic rings. The summed E-state index contributed by atoms with van der Waals surface area (Å²) in [5.74, 6) is 2.14. The largest absolute Gasteiger partial charge is 0.491 e. The molecule has 0 aliphatic carbocycles. The third-order valence-corrected chi connectivity index (χ3v) is 5.58. The Morgan fingerprint density at radius 2 is 2.03 bits per heavy atom. The van der Waals surface area contributed by atoms with Crippen LogP contribution in [-0.2, 0) is 0 Å². The number of para-hydroxylation sites is 1. The molecule has 0 spiro atoms. The number of thiazole rings is 1. The van der Waals surface area contributed by atoms with Crippen molar-refractivity contribution in [2.75, 3.05) is 13.2 Å². The molecule has 0 unspecified atom stereocenters. The van der Waals surface area contributed by atoms with E-state index in [1.165, 1.54) is 11.3 Å². The zero-order chi connectivity index (χ0) is 20.2. The standard InChI is InChI=1S/C22H21N3O3S/c1-14-9-10-18(28-14)22-25-15(2)20(29-22)21(26)24-12-5-13-27-17-8-3-6-16-7-4-11-23-19(16)17/h3-4,6-11H,5,12-13H2,1-2H3,(H,24,26). The van der Waals surface area contributed by atoms with Crippen molar-refractivity contribution in [3.63, 3.8) is 0 Å². The molecule has 1 aromatic carbocycles. The van der Waals surface area contributed by atoms with Crippen molar-refractivity contribution in [1.29, 1.82) is 0 Å². The minimum absolute atomic E-state index is 0.124. The van der Waals surface area contributed by atoms with Gasteiger partial charge in [0.1, 0.15) is 21.9 Å². The summed E-state index contributed by atoms with van der Waals surface area (Å²) in [5.41, 5.74) is 1.55. The van der Waals surface area contributed by atoms with E-state index in [0.717, 1.165) is 22.4 Å². The van der Waals surface area contributed by atoms with Crippen LogP contribution in [0.4, 0.5) is 0 Å². The van der Waals surface area contributed by atoms with E-state index >= 15 is 0 Å². The number of fused-ring (bicyclic) bond motifs is 1. The quantitative estimate of drug-likeness (QED) is 0.447. The number of nitrogens with zero attached hydrogens (tertiary/aromatic N) is 2. The summed E-state index contributed by atoms with van der Waals surface area (Å²) in [6.45, 7) is 4.73. The molecule has 4 rings (SSSR count). The molecule has 29 heavy (non-hydrogen) atoms. The molecule has 0 bridgehead atoms. The van der Waals surface area contributed by atoms with Gasteiger partial charge in [-0.1, -0.05) is 18.2 Å². The van der Waals surface area contributed by atoms with Crippen molar-refractivity contribution in [2.24, 2.45) is 0 Å². The molecule has 3 heterocycles. The minimum atomic E-state index is -0.124. The first kappa shape index (κ1) is 19.1. The molecular weight excluding hydrogens is 386 g/mol. The number of hydrogen-bond acceptors (Lipinski definition) is 6. The van der Waals surface area contributed by atoms with Crippen molar-refractivity contribution in [3.8, 4) is 16.5 Å². The lowest BCUT2D eigenvalue weighted by molar-refractivity contribution is 0.0955. The van der Waals surface area contributed by atoms with Crippen LogP contribution in [0.25, 0.3) is 21.7 Å². The highest BCUT2D eigenvalue weighted by atomic mass is 32.1. The Kier molecular flexibility index (Phi) is 5.57. The summed E-state index contributed by atoms with van der Waals surface area (Å²) < 4.78 is 11.5. The number of amides is 1. The van der Waals surface area contributed by atoms with Gasteiger partial charge in [0.2, 0.25) is 0 Å². The van der Waals surface area contributed by atoms with Gasteiger partial charge in [0.05, 0.1) is 12.3 Å². The maximum atomic E-state index is 12.5. The van der Waals surface area contributed by atoms with Crippen LogP contribution < -0.4 is 10.1 Å². The Morgan fingerprint density at radius 1 is 1.17 bits per heavy atom. The average Bonchev–Trinajstić information content (AvgIpc) is 3.33. The summed E-state index contributed by atoms with van der Waals surface area (Å²) >= 11 is 1.34. The Labute approximate surface area is 172 Å². The third-order valence-electron chi connectivity index (χ3n) is 4.41. The molecule has 0 saturated carbocycles. The monoisotopic (exact) mass is 407 g/mol. The van der Waals surface area contributed by atoms with Crippen LogP contribution in [-0.4, -0.2) is 29.0 Å². The highest BCUT2D eigenvalue weighted by Crippen LogP contribution is 2.29. The zero-order valence-electron chi connectivity index (χ0n) is 16.3. The number of aryl methyl sites for hydroxylation is 2. The summed E-state index contributed by atoms with van der Waals surface area (Å²) in [7, 11) is 0. The Bertz CT molecular complexity index is 1140. The van der Waals surface area contributed by atoms with Gasteiger partial charge >= 0.3 is 0 Å². The molecule has 0 saturated heterocycles. The molecule has 0 atom stereocenters. The summed E-state index contributed by atoms with van der Waals surface area (Å²) in [6, 6.07) is 13.5. The molecule has 0 aliphatic heterocycles. The number of ether oxygens (including phenoxy) is 1. The molecule has 148 valence electrons. The number of carbonyl (C=O) groups excluding carboxylic acids is 1. The van der Waals surface area contributed by atoms with Crippen molar-refractivity contribution >= 4 is 28.1 Å². The van der Waals surface area contributed by atoms with Crippen LogP contribution in [0.3, 0.4) is 0 Å². The fourth-order valence-corrected chi connectivity index (χ4v) is 3.94. The van der Waals surface area contributed by atoms with Crippen LogP contribution in [0.1, 0.15) is 27.5 Å². The van der Waals surface area contributed by atoms with Crippen molar-refractivity contribution in [1.82, 2.24) is 15.3 Å². The average molecular weight is 407 g/mol. The highest BCUT2D eigenvalue weighted by Gasteiger charge is 2.17. The number of nitrogens with one attached hydrogen (secondary N) is 1. The van der Waals surface area contributed by atoms with E-state index in [-0.39, 0.29) is 5.91 Å². The molecule has 3 aromatic heterocycles. The summed E-state index contributed by atoms with van der Waals surface area (Å²) in [6.07, 6.45) is 2.45. The molecule has 4 aromatic rings. The number of benzene rings is 1. The van der Waals surface area contributed by atoms with Gasteiger partial charge in [-0.2, -0.15) is 0 Å². The number of rotatable bonds is 7. The smallest absolute Gasteiger partial charge is 0.263 e. The van der Waals surface area contributed by atoms with E-state index in [2.05, 4.69) is 15.3 Å². The Balaban J connectivity index is 1.30. The third kappa shape index (κ3) is 4.30. The van der Waals surface area contributed by atoms with E-state index in [1.54, 1.807) is 6.20 Å². The number of aromatic nitrogens is 2. The van der Waals surface area contributed by atoms with Crippen LogP contribution in [0, 0.1) is 13.8 Å². The van der Waals surface area contributed by atoms with Gasteiger partial charge in [0, 0.05) is 18.1 Å². The van der Waals surface area contributed by atoms with Crippen LogP contribution in [0.15, 0.2) is 53.1 Å². The molecular formula is C22H21N3O3S. The second kappa shape index (κ2) is 8.45. The van der Waals surface area contributed by atoms with E-state index in [9.17, 15) is 4.79 Å². The van der Waals surface area contributed by atoms with Crippen molar-refractivity contribution in [2.45, 2.75) is 20.3 Å². The van der Waals surface area contributed by atoms with Gasteiger partial charge in [-0.15, -0.1) is 11.3 Å². The first-order valence-corrected chi connectivity index (χ1v) is 10.2. The predicted molar refractivity (Wildman–Crippen MR) is 113 cm³/mol. The second-order valence-corrected chi connectivity index (χ2v) is 7.63. The van der Waals surface area contributed by atoms with Crippen LogP contribution >= 0.6 is 11.3 Å². The molecule has 1 N–H and O–H groups in total.